The first kappa shape index (κ1) is 28.2. The summed E-state index contributed by atoms with van der Waals surface area (Å²) in [6.07, 6.45) is 6.18. The first-order chi connectivity index (χ1) is 17.0. The highest BCUT2D eigenvalue weighted by Gasteiger charge is 2.34. The topological polar surface area (TPSA) is 130 Å². The minimum Gasteiger partial charge on any atom is -0.483 e. The Bertz CT molecular complexity index is 942. The number of hydrogen-bond acceptors (Lipinski definition) is 7. The molecule has 4 heterocycles. The van der Waals surface area contributed by atoms with Crippen molar-refractivity contribution in [2.75, 3.05) is 46.9 Å². The SMILES string of the molecule is COCCN(C)Cc1ccc2n(c1=O)C[C@H]1C[C@@H]2CN(CCCn2cccn2)C1.O=CO.O=CO. The van der Waals surface area contributed by atoms with Crippen molar-refractivity contribution >= 4 is 12.9 Å². The smallest absolute Gasteiger partial charge is 0.290 e. The lowest BCUT2D eigenvalue weighted by atomic mass is 9.83. The lowest BCUT2D eigenvalue weighted by molar-refractivity contribution is -0.123. The maximum Gasteiger partial charge on any atom is 0.290 e. The van der Waals surface area contributed by atoms with E-state index in [1.54, 1.807) is 7.11 Å². The molecular formula is C24H37N5O6. The summed E-state index contributed by atoms with van der Waals surface area (Å²) in [6, 6.07) is 6.23. The second-order valence-electron chi connectivity index (χ2n) is 8.82. The number of piperidine rings is 1. The Kier molecular flexibility index (Phi) is 12.2. The van der Waals surface area contributed by atoms with Crippen LogP contribution < -0.4 is 5.56 Å². The van der Waals surface area contributed by atoms with Crippen molar-refractivity contribution in [2.45, 2.75) is 38.4 Å². The largest absolute Gasteiger partial charge is 0.483 e. The number of aryl methyl sites for hydroxylation is 1. The second-order valence-corrected chi connectivity index (χ2v) is 8.82. The third kappa shape index (κ3) is 8.61. The number of aromatic nitrogens is 3. The molecule has 1 saturated heterocycles. The Morgan fingerprint density at radius 2 is 1.91 bits per heavy atom. The van der Waals surface area contributed by atoms with Crippen LogP contribution in [0.2, 0.25) is 0 Å². The van der Waals surface area contributed by atoms with Crippen LogP contribution in [0.15, 0.2) is 35.4 Å². The monoisotopic (exact) mass is 491 g/mol. The van der Waals surface area contributed by atoms with E-state index in [2.05, 4.69) is 31.6 Å². The highest BCUT2D eigenvalue weighted by molar-refractivity contribution is 5.33. The minimum absolute atomic E-state index is 0.202. The van der Waals surface area contributed by atoms with Crippen LogP contribution >= 0.6 is 0 Å². The van der Waals surface area contributed by atoms with Crippen LogP contribution in [-0.2, 0) is 34.0 Å². The molecule has 0 unspecified atom stereocenters. The van der Waals surface area contributed by atoms with Crippen molar-refractivity contribution in [3.8, 4) is 0 Å². The van der Waals surface area contributed by atoms with E-state index in [9.17, 15) is 4.79 Å². The standard InChI is InChI=1S/C22H33N5O2.2CH2O2/c1-24(11-12-29-2)16-19-5-6-21-20-13-18(15-27(21)22(19)28)14-25(17-20)8-4-10-26-9-3-7-23-26;2*2-1-3/h3,5-7,9,18,20H,4,8,10-17H2,1-2H3;2*1H,(H,2,3)/t18-,20+;;/m0../s1. The molecule has 0 radical (unpaired) electrons. The molecular weight excluding hydrogens is 454 g/mol. The fourth-order valence-corrected chi connectivity index (χ4v) is 4.90. The lowest BCUT2D eigenvalue weighted by Crippen LogP contribution is -2.48. The molecule has 0 aliphatic carbocycles. The van der Waals surface area contributed by atoms with Crippen LogP contribution in [0.3, 0.4) is 0 Å². The molecule has 2 bridgehead atoms. The van der Waals surface area contributed by atoms with E-state index in [4.69, 9.17) is 24.5 Å². The summed E-state index contributed by atoms with van der Waals surface area (Å²) in [5.41, 5.74) is 2.32. The Morgan fingerprint density at radius 1 is 1.17 bits per heavy atom. The number of likely N-dealkylation sites (N-methyl/N-ethyl adjacent to an activating group) is 1. The lowest BCUT2D eigenvalue weighted by Gasteiger charge is -2.43. The summed E-state index contributed by atoms with van der Waals surface area (Å²) in [4.78, 5) is 34.6. The highest BCUT2D eigenvalue weighted by atomic mass is 16.5. The van der Waals surface area contributed by atoms with Gasteiger partial charge in [0.2, 0.25) is 0 Å². The number of pyridine rings is 1. The van der Waals surface area contributed by atoms with Gasteiger partial charge in [0.25, 0.3) is 18.5 Å². The molecule has 11 nitrogen and oxygen atoms in total. The van der Waals surface area contributed by atoms with Gasteiger partial charge in [-0.2, -0.15) is 5.10 Å². The molecule has 0 aromatic carbocycles. The average molecular weight is 492 g/mol. The van der Waals surface area contributed by atoms with Crippen LogP contribution in [0.5, 0.6) is 0 Å². The van der Waals surface area contributed by atoms with Crippen LogP contribution in [0.25, 0.3) is 0 Å². The molecule has 0 saturated carbocycles. The highest BCUT2D eigenvalue weighted by Crippen LogP contribution is 2.35. The van der Waals surface area contributed by atoms with Crippen molar-refractivity contribution in [3.63, 3.8) is 0 Å². The number of nitrogens with zero attached hydrogens (tertiary/aromatic N) is 5. The predicted molar refractivity (Wildman–Crippen MR) is 130 cm³/mol. The molecule has 2 aliphatic rings. The van der Waals surface area contributed by atoms with Gasteiger partial charge < -0.3 is 24.4 Å². The fraction of sp³-hybridized carbons (Fsp3) is 0.583. The quantitative estimate of drug-likeness (QED) is 0.494. The molecule has 2 N–H and O–H groups in total. The Morgan fingerprint density at radius 3 is 2.57 bits per heavy atom. The van der Waals surface area contributed by atoms with Crippen LogP contribution in [-0.4, -0.2) is 94.2 Å². The second kappa shape index (κ2) is 15.1. The molecule has 2 aromatic heterocycles. The number of methoxy groups -OCH3 is 1. The summed E-state index contributed by atoms with van der Waals surface area (Å²) in [7, 11) is 3.75. The average Bonchev–Trinajstić information content (AvgIpc) is 3.34. The number of likely N-dealkylation sites (tertiary alicyclic amines) is 1. The fourth-order valence-electron chi connectivity index (χ4n) is 4.90. The molecule has 0 spiro atoms. The van der Waals surface area contributed by atoms with E-state index >= 15 is 0 Å². The van der Waals surface area contributed by atoms with E-state index in [1.165, 1.54) is 12.1 Å². The van der Waals surface area contributed by atoms with E-state index < -0.39 is 0 Å². The van der Waals surface area contributed by atoms with Gasteiger partial charge in [-0.1, -0.05) is 6.07 Å². The molecule has 0 amide bonds. The van der Waals surface area contributed by atoms with Gasteiger partial charge in [0, 0.05) is 75.9 Å². The van der Waals surface area contributed by atoms with Crippen molar-refractivity contribution in [1.29, 1.82) is 0 Å². The zero-order valence-corrected chi connectivity index (χ0v) is 20.5. The van der Waals surface area contributed by atoms with Crippen LogP contribution in [0, 0.1) is 5.92 Å². The molecule has 2 aliphatic heterocycles. The van der Waals surface area contributed by atoms with Gasteiger partial charge >= 0.3 is 0 Å². The molecule has 2 aromatic rings. The van der Waals surface area contributed by atoms with Gasteiger partial charge in [-0.05, 0) is 44.5 Å². The van der Waals surface area contributed by atoms with Crippen molar-refractivity contribution in [2.24, 2.45) is 5.92 Å². The van der Waals surface area contributed by atoms with E-state index in [0.717, 1.165) is 51.3 Å². The minimum atomic E-state index is -0.250. The third-order valence-electron chi connectivity index (χ3n) is 6.30. The summed E-state index contributed by atoms with van der Waals surface area (Å²) in [5.74, 6) is 1.05. The first-order valence-corrected chi connectivity index (χ1v) is 11.7. The number of ether oxygens (including phenoxy) is 1. The summed E-state index contributed by atoms with van der Waals surface area (Å²) >= 11 is 0. The maximum atomic E-state index is 13.1. The van der Waals surface area contributed by atoms with Crippen LogP contribution in [0.1, 0.15) is 30.0 Å². The summed E-state index contributed by atoms with van der Waals surface area (Å²) in [5, 5.41) is 18.1. The number of fused-ring (bicyclic) bond motifs is 4. The number of carboxylic acid groups (broad SMARTS) is 2. The zero-order valence-electron chi connectivity index (χ0n) is 20.5. The van der Waals surface area contributed by atoms with Crippen molar-refractivity contribution in [1.82, 2.24) is 24.1 Å². The normalized spacial score (nSPS) is 18.5. The van der Waals surface area contributed by atoms with Gasteiger partial charge in [0.05, 0.1) is 6.61 Å². The Hall–Kier alpha value is -3.02. The van der Waals surface area contributed by atoms with Crippen LogP contribution in [0.4, 0.5) is 0 Å². The number of rotatable bonds is 9. The zero-order chi connectivity index (χ0) is 25.6. The van der Waals surface area contributed by atoms with E-state index in [-0.39, 0.29) is 18.5 Å². The predicted octanol–water partition coefficient (Wildman–Crippen LogP) is 1.03. The molecule has 2 atom stereocenters. The summed E-state index contributed by atoms with van der Waals surface area (Å²) < 4.78 is 9.22. The number of hydrogen-bond donors (Lipinski definition) is 2. The van der Waals surface area contributed by atoms with Crippen molar-refractivity contribution in [3.05, 3.63) is 52.2 Å². The molecule has 11 heteroatoms. The molecule has 35 heavy (non-hydrogen) atoms. The van der Waals surface area contributed by atoms with Crippen molar-refractivity contribution < 1.29 is 24.5 Å². The Labute approximate surface area is 205 Å². The van der Waals surface area contributed by atoms with Gasteiger partial charge in [-0.15, -0.1) is 0 Å². The molecule has 4 rings (SSSR count). The maximum absolute atomic E-state index is 13.1. The van der Waals surface area contributed by atoms with Gasteiger partial charge in [0.15, 0.2) is 0 Å². The molecule has 1 fully saturated rings. The van der Waals surface area contributed by atoms with Gasteiger partial charge in [0.1, 0.15) is 0 Å². The van der Waals surface area contributed by atoms with E-state index in [0.29, 0.717) is 25.0 Å². The van der Waals surface area contributed by atoms with E-state index in [1.807, 2.05) is 30.2 Å². The Balaban J connectivity index is 0.000000655. The van der Waals surface area contributed by atoms with Gasteiger partial charge in [-0.25, -0.2) is 0 Å². The van der Waals surface area contributed by atoms with Gasteiger partial charge in [-0.3, -0.25) is 24.0 Å². The molecule has 194 valence electrons. The summed E-state index contributed by atoms with van der Waals surface area (Å²) in [6.45, 7) is 6.77. The number of carbonyl (C=O) groups is 2. The first-order valence-electron chi connectivity index (χ1n) is 11.7. The third-order valence-corrected chi connectivity index (χ3v) is 6.30.